The normalized spacial score (nSPS) is 28.8. The minimum absolute atomic E-state index is 0.0832. The zero-order chi connectivity index (χ0) is 26.4. The van der Waals surface area contributed by atoms with Gasteiger partial charge >= 0.3 is 35.8 Å². The van der Waals surface area contributed by atoms with Crippen molar-refractivity contribution in [2.24, 2.45) is 23.7 Å². The molecule has 202 valence electrons. The first-order chi connectivity index (χ1) is 15.3. The van der Waals surface area contributed by atoms with Crippen molar-refractivity contribution in [3.05, 3.63) is 0 Å². The lowest BCUT2D eigenvalue weighted by Crippen LogP contribution is -2.71. The molecule has 0 N–H and O–H groups in total. The van der Waals surface area contributed by atoms with Crippen LogP contribution in [0.5, 0.6) is 0 Å². The third-order valence-electron chi connectivity index (χ3n) is 7.50. The van der Waals surface area contributed by atoms with Crippen LogP contribution in [-0.2, 0) is 0 Å². The molecule has 0 spiro atoms. The van der Waals surface area contributed by atoms with Crippen LogP contribution in [0, 0.1) is 23.7 Å². The fourth-order valence-corrected chi connectivity index (χ4v) is 5.35. The minimum Gasteiger partial charge on any atom is -0.199 e. The highest BCUT2D eigenvalue weighted by Gasteiger charge is 2.91. The number of hydrogen-bond acceptors (Lipinski definition) is 0. The van der Waals surface area contributed by atoms with E-state index in [1.54, 1.807) is 0 Å². The van der Waals surface area contributed by atoms with Crippen LogP contribution in [0.15, 0.2) is 0 Å². The molecule has 0 radical (unpaired) electrons. The molecule has 0 heterocycles. The molecule has 0 aromatic rings. The van der Waals surface area contributed by atoms with E-state index in [1.807, 2.05) is 6.92 Å². The predicted octanol–water partition coefficient (Wildman–Crippen LogP) is 9.14. The van der Waals surface area contributed by atoms with E-state index < -0.39 is 54.5 Å². The van der Waals surface area contributed by atoms with Crippen LogP contribution >= 0.6 is 0 Å². The Hall–Kier alpha value is -0.910. The van der Waals surface area contributed by atoms with E-state index in [-0.39, 0.29) is 24.7 Å². The molecule has 0 saturated heterocycles. The van der Waals surface area contributed by atoms with Gasteiger partial charge in [-0.2, -0.15) is 57.1 Å². The van der Waals surface area contributed by atoms with Gasteiger partial charge in [-0.1, -0.05) is 32.6 Å². The molecule has 2 aliphatic rings. The Kier molecular flexibility index (Phi) is 8.21. The maximum Gasteiger partial charge on any atom is 0.460 e. The molecule has 0 atom stereocenters. The SMILES string of the molecule is CCC[C@H]1CC[C@H]([C@H]2CC[C@H](C(F)(F)C(F)(F)C(F)(F)C(F)(F)C(F)(F)C(F)(F)F)CC2)CC1. The third-order valence-corrected chi connectivity index (χ3v) is 7.50. The summed E-state index contributed by atoms with van der Waals surface area (Å²) in [6, 6.07) is 0. The summed E-state index contributed by atoms with van der Waals surface area (Å²) in [5.41, 5.74) is 0. The van der Waals surface area contributed by atoms with E-state index in [2.05, 4.69) is 0 Å². The van der Waals surface area contributed by atoms with Crippen molar-refractivity contribution in [1.82, 2.24) is 0 Å². The van der Waals surface area contributed by atoms with Crippen LogP contribution in [0.25, 0.3) is 0 Å². The van der Waals surface area contributed by atoms with Crippen molar-refractivity contribution < 1.29 is 57.1 Å². The van der Waals surface area contributed by atoms with E-state index in [9.17, 15) is 57.1 Å². The summed E-state index contributed by atoms with van der Waals surface area (Å²) >= 11 is 0. The highest BCUT2D eigenvalue weighted by atomic mass is 19.4. The number of halogens is 13. The zero-order valence-corrected chi connectivity index (χ0v) is 18.3. The maximum atomic E-state index is 14.4. The summed E-state index contributed by atoms with van der Waals surface area (Å²) in [7, 11) is 0. The number of hydrogen-bond donors (Lipinski definition) is 0. The van der Waals surface area contributed by atoms with Crippen molar-refractivity contribution in [1.29, 1.82) is 0 Å². The fourth-order valence-electron chi connectivity index (χ4n) is 5.35. The standard InChI is InChI=1S/C21H27F13/c1-2-3-12-4-6-13(7-5-12)14-8-10-15(11-9-14)16(22,23)17(24,25)18(26,27)19(28,29)20(30,31)21(32,33)34/h12-15H,2-11H2,1H3/t12-,13-,14-,15-. The Balaban J connectivity index is 2.14. The molecule has 2 aliphatic carbocycles. The highest BCUT2D eigenvalue weighted by molar-refractivity contribution is 5.11. The first-order valence-electron chi connectivity index (χ1n) is 11.2. The average molecular weight is 526 g/mol. The Morgan fingerprint density at radius 2 is 0.882 bits per heavy atom. The maximum absolute atomic E-state index is 14.4. The second kappa shape index (κ2) is 9.52. The van der Waals surface area contributed by atoms with E-state index in [1.165, 1.54) is 0 Å². The molecular formula is C21H27F13. The van der Waals surface area contributed by atoms with Crippen LogP contribution in [0.1, 0.15) is 71.1 Å². The van der Waals surface area contributed by atoms with Gasteiger partial charge in [0, 0.05) is 5.92 Å². The van der Waals surface area contributed by atoms with Gasteiger partial charge < -0.3 is 0 Å². The molecule has 0 nitrogen and oxygen atoms in total. The Morgan fingerprint density at radius 3 is 1.26 bits per heavy atom. The Morgan fingerprint density at radius 1 is 0.500 bits per heavy atom. The monoisotopic (exact) mass is 526 g/mol. The molecule has 0 amide bonds. The lowest BCUT2D eigenvalue weighted by Gasteiger charge is -2.44. The number of alkyl halides is 13. The van der Waals surface area contributed by atoms with Crippen LogP contribution in [0.3, 0.4) is 0 Å². The van der Waals surface area contributed by atoms with Crippen LogP contribution in [0.4, 0.5) is 57.1 Å². The molecular weight excluding hydrogens is 499 g/mol. The van der Waals surface area contributed by atoms with Crippen molar-refractivity contribution in [3.63, 3.8) is 0 Å². The highest BCUT2D eigenvalue weighted by Crippen LogP contribution is 2.62. The molecule has 0 aromatic heterocycles. The van der Waals surface area contributed by atoms with E-state index in [0.29, 0.717) is 5.92 Å². The topological polar surface area (TPSA) is 0 Å². The molecule has 2 saturated carbocycles. The third kappa shape index (κ3) is 4.74. The van der Waals surface area contributed by atoms with Gasteiger partial charge in [-0.15, -0.1) is 0 Å². The summed E-state index contributed by atoms with van der Waals surface area (Å²) in [6.45, 7) is 2.03. The van der Waals surface area contributed by atoms with Gasteiger partial charge in [0.1, 0.15) is 0 Å². The quantitative estimate of drug-likeness (QED) is 0.277. The second-order valence-electron chi connectivity index (χ2n) is 9.60. The van der Waals surface area contributed by atoms with Gasteiger partial charge in [-0.05, 0) is 56.3 Å². The second-order valence-corrected chi connectivity index (χ2v) is 9.60. The van der Waals surface area contributed by atoms with Crippen LogP contribution < -0.4 is 0 Å². The summed E-state index contributed by atoms with van der Waals surface area (Å²) in [5, 5.41) is 0. The summed E-state index contributed by atoms with van der Waals surface area (Å²) in [6.07, 6.45) is -3.66. The van der Waals surface area contributed by atoms with Crippen molar-refractivity contribution >= 4 is 0 Å². The van der Waals surface area contributed by atoms with E-state index in [0.717, 1.165) is 38.5 Å². The first kappa shape index (κ1) is 29.3. The molecule has 13 heteroatoms. The molecule has 0 aliphatic heterocycles. The smallest absolute Gasteiger partial charge is 0.199 e. The molecule has 0 unspecified atom stereocenters. The average Bonchev–Trinajstić information content (AvgIpc) is 2.73. The molecule has 0 aromatic carbocycles. The van der Waals surface area contributed by atoms with Crippen LogP contribution in [0.2, 0.25) is 0 Å². The molecule has 2 rings (SSSR count). The van der Waals surface area contributed by atoms with Gasteiger partial charge in [0.2, 0.25) is 0 Å². The summed E-state index contributed by atoms with van der Waals surface area (Å²) in [4.78, 5) is 0. The lowest BCUT2D eigenvalue weighted by atomic mass is 9.67. The summed E-state index contributed by atoms with van der Waals surface area (Å²) < 4.78 is 174. The Bertz CT molecular complexity index is 667. The van der Waals surface area contributed by atoms with Crippen LogP contribution in [-0.4, -0.2) is 35.8 Å². The van der Waals surface area contributed by atoms with Crippen molar-refractivity contribution in [3.8, 4) is 0 Å². The van der Waals surface area contributed by atoms with Crippen molar-refractivity contribution in [2.45, 2.75) is 107 Å². The number of rotatable bonds is 8. The molecule has 2 fully saturated rings. The van der Waals surface area contributed by atoms with Gasteiger partial charge in [0.15, 0.2) is 0 Å². The molecule has 34 heavy (non-hydrogen) atoms. The lowest BCUT2D eigenvalue weighted by molar-refractivity contribution is -0.443. The summed E-state index contributed by atoms with van der Waals surface area (Å²) in [5.74, 6) is -38.4. The van der Waals surface area contributed by atoms with E-state index in [4.69, 9.17) is 0 Å². The van der Waals surface area contributed by atoms with Gasteiger partial charge in [0.25, 0.3) is 0 Å². The molecule has 0 bridgehead atoms. The van der Waals surface area contributed by atoms with Gasteiger partial charge in [-0.3, -0.25) is 0 Å². The Labute approximate surface area is 188 Å². The zero-order valence-electron chi connectivity index (χ0n) is 18.3. The predicted molar refractivity (Wildman–Crippen MR) is 96.6 cm³/mol. The first-order valence-corrected chi connectivity index (χ1v) is 11.2. The minimum atomic E-state index is -7.82. The van der Waals surface area contributed by atoms with Crippen molar-refractivity contribution in [2.75, 3.05) is 0 Å². The van der Waals surface area contributed by atoms with Gasteiger partial charge in [-0.25, -0.2) is 0 Å². The largest absolute Gasteiger partial charge is 0.460 e. The fraction of sp³-hybridized carbons (Fsp3) is 1.00. The van der Waals surface area contributed by atoms with E-state index >= 15 is 0 Å². The van der Waals surface area contributed by atoms with Gasteiger partial charge in [0.05, 0.1) is 0 Å².